The smallest absolute Gasteiger partial charge is 0.253 e. The fourth-order valence-corrected chi connectivity index (χ4v) is 3.87. The van der Waals surface area contributed by atoms with Gasteiger partial charge in [-0.1, -0.05) is 30.3 Å². The van der Waals surface area contributed by atoms with E-state index in [-0.39, 0.29) is 5.91 Å². The minimum atomic E-state index is 0.116. The number of carbonyl (C=O) groups excluding carboxylic acids is 1. The van der Waals surface area contributed by atoms with Crippen LogP contribution < -0.4 is 10.6 Å². The molecular weight excluding hydrogens is 414 g/mol. The Kier molecular flexibility index (Phi) is 7.74. The van der Waals surface area contributed by atoms with Crippen LogP contribution in [0.25, 0.3) is 11.5 Å². The normalized spacial score (nSPS) is 14.2. The van der Waals surface area contributed by atoms with Crippen LogP contribution in [-0.2, 0) is 13.1 Å². The lowest BCUT2D eigenvalue weighted by atomic mass is 10.1. The van der Waals surface area contributed by atoms with Gasteiger partial charge in [0.2, 0.25) is 5.89 Å². The number of rotatable bonds is 7. The molecule has 1 aromatic heterocycles. The number of nitrogens with one attached hydrogen (secondary N) is 2. The molecule has 4 rings (SSSR count). The van der Waals surface area contributed by atoms with E-state index >= 15 is 0 Å². The molecule has 0 unspecified atom stereocenters. The van der Waals surface area contributed by atoms with Crippen LogP contribution in [0.5, 0.6) is 0 Å². The maximum atomic E-state index is 12.8. The van der Waals surface area contributed by atoms with E-state index in [1.165, 1.54) is 6.42 Å². The summed E-state index contributed by atoms with van der Waals surface area (Å²) >= 11 is 0. The molecule has 1 fully saturated rings. The molecule has 1 aliphatic rings. The molecule has 0 spiro atoms. The highest BCUT2D eigenvalue weighted by Gasteiger charge is 2.18. The van der Waals surface area contributed by atoms with Crippen LogP contribution in [-0.4, -0.2) is 41.4 Å². The molecule has 172 valence electrons. The molecule has 0 radical (unpaired) electrons. The van der Waals surface area contributed by atoms with Gasteiger partial charge in [-0.15, -0.1) is 0 Å². The lowest BCUT2D eigenvalue weighted by molar-refractivity contribution is 0.0724. The van der Waals surface area contributed by atoms with Gasteiger partial charge in [0.25, 0.3) is 5.91 Å². The number of hydrogen-bond acceptors (Lipinski definition) is 4. The number of hydrogen-bond donors (Lipinski definition) is 2. The second-order valence-electron chi connectivity index (χ2n) is 8.11. The van der Waals surface area contributed by atoms with Gasteiger partial charge >= 0.3 is 0 Å². The Morgan fingerprint density at radius 1 is 1.06 bits per heavy atom. The fraction of sp³-hybridized carbons (Fsp3) is 0.346. The molecule has 0 aliphatic carbocycles. The summed E-state index contributed by atoms with van der Waals surface area (Å²) in [4.78, 5) is 24.0. The lowest BCUT2D eigenvalue weighted by Gasteiger charge is -2.26. The first-order valence-corrected chi connectivity index (χ1v) is 11.6. The van der Waals surface area contributed by atoms with E-state index in [0.717, 1.165) is 54.9 Å². The summed E-state index contributed by atoms with van der Waals surface area (Å²) in [6.45, 7) is 5.44. The molecular formula is C26H31N5O2. The molecule has 0 atom stereocenters. The number of benzene rings is 2. The molecule has 33 heavy (non-hydrogen) atoms. The highest BCUT2D eigenvalue weighted by Crippen LogP contribution is 2.18. The highest BCUT2D eigenvalue weighted by atomic mass is 16.3. The van der Waals surface area contributed by atoms with E-state index in [1.54, 1.807) is 6.26 Å². The van der Waals surface area contributed by atoms with E-state index in [1.807, 2.05) is 66.4 Å². The summed E-state index contributed by atoms with van der Waals surface area (Å²) in [5, 5.41) is 6.56. The van der Waals surface area contributed by atoms with Gasteiger partial charge in [0.15, 0.2) is 5.96 Å². The van der Waals surface area contributed by atoms with Gasteiger partial charge in [0, 0.05) is 30.8 Å². The molecule has 1 amide bonds. The Morgan fingerprint density at radius 3 is 2.67 bits per heavy atom. The molecule has 2 heterocycles. The minimum absolute atomic E-state index is 0.116. The van der Waals surface area contributed by atoms with Crippen LogP contribution in [0.1, 0.15) is 47.8 Å². The maximum Gasteiger partial charge on any atom is 0.253 e. The SMILES string of the molecule is CCNC(=NCc1cccc(C(=O)N2CCCCC2)c1)NCc1coc(-c2ccccc2)n1. The third kappa shape index (κ3) is 6.22. The number of amides is 1. The van der Waals surface area contributed by atoms with Crippen molar-refractivity contribution in [2.75, 3.05) is 19.6 Å². The van der Waals surface area contributed by atoms with Crippen molar-refractivity contribution in [2.24, 2.45) is 4.99 Å². The van der Waals surface area contributed by atoms with E-state index in [2.05, 4.69) is 20.6 Å². The predicted octanol–water partition coefficient (Wildman–Crippen LogP) is 4.22. The molecule has 7 nitrogen and oxygen atoms in total. The van der Waals surface area contributed by atoms with Gasteiger partial charge in [0.05, 0.1) is 18.8 Å². The standard InChI is InChI=1S/C26H31N5O2/c1-2-27-26(29-18-23-19-33-24(30-23)21-11-5-3-6-12-21)28-17-20-10-9-13-22(16-20)25(32)31-14-7-4-8-15-31/h3,5-6,9-13,16,19H,2,4,7-8,14-15,17-18H2,1H3,(H2,27,28,29). The number of oxazole rings is 1. The van der Waals surface area contributed by atoms with E-state index in [4.69, 9.17) is 4.42 Å². The topological polar surface area (TPSA) is 82.8 Å². The van der Waals surface area contributed by atoms with E-state index in [9.17, 15) is 4.79 Å². The molecule has 0 bridgehead atoms. The highest BCUT2D eigenvalue weighted by molar-refractivity contribution is 5.94. The molecule has 7 heteroatoms. The van der Waals surface area contributed by atoms with Gasteiger partial charge in [-0.05, 0) is 56.0 Å². The number of aliphatic imine (C=N–C) groups is 1. The third-order valence-corrected chi connectivity index (χ3v) is 5.59. The monoisotopic (exact) mass is 445 g/mol. The largest absolute Gasteiger partial charge is 0.444 e. The summed E-state index contributed by atoms with van der Waals surface area (Å²) < 4.78 is 5.61. The van der Waals surface area contributed by atoms with Crippen LogP contribution in [0.4, 0.5) is 0 Å². The molecule has 2 aromatic carbocycles. The second kappa shape index (κ2) is 11.3. The first kappa shape index (κ1) is 22.6. The Labute approximate surface area is 194 Å². The van der Waals surface area contributed by atoms with Crippen LogP contribution in [0.15, 0.2) is 70.3 Å². The van der Waals surface area contributed by atoms with Crippen LogP contribution >= 0.6 is 0 Å². The third-order valence-electron chi connectivity index (χ3n) is 5.59. The quantitative estimate of drug-likeness (QED) is 0.420. The Hall–Kier alpha value is -3.61. The lowest BCUT2D eigenvalue weighted by Crippen LogP contribution is -2.37. The zero-order chi connectivity index (χ0) is 22.9. The number of carbonyl (C=O) groups is 1. The number of nitrogens with zero attached hydrogens (tertiary/aromatic N) is 3. The van der Waals surface area contributed by atoms with Gasteiger partial charge < -0.3 is 20.0 Å². The second-order valence-corrected chi connectivity index (χ2v) is 8.11. The van der Waals surface area contributed by atoms with Crippen molar-refractivity contribution in [1.29, 1.82) is 0 Å². The van der Waals surface area contributed by atoms with E-state index < -0.39 is 0 Å². The molecule has 0 saturated carbocycles. The number of piperidine rings is 1. The van der Waals surface area contributed by atoms with Crippen LogP contribution in [0, 0.1) is 0 Å². The summed E-state index contributed by atoms with van der Waals surface area (Å²) in [5.41, 5.74) is 3.48. The number of aromatic nitrogens is 1. The minimum Gasteiger partial charge on any atom is -0.444 e. The van der Waals surface area contributed by atoms with Crippen molar-refractivity contribution in [2.45, 2.75) is 39.3 Å². The summed E-state index contributed by atoms with van der Waals surface area (Å²) in [7, 11) is 0. The van der Waals surface area contributed by atoms with Gasteiger partial charge in [-0.2, -0.15) is 0 Å². The van der Waals surface area contributed by atoms with Crippen molar-refractivity contribution in [1.82, 2.24) is 20.5 Å². The summed E-state index contributed by atoms with van der Waals surface area (Å²) in [6.07, 6.45) is 5.05. The van der Waals surface area contributed by atoms with Crippen LogP contribution in [0.2, 0.25) is 0 Å². The maximum absolute atomic E-state index is 12.8. The average Bonchev–Trinajstić information content (AvgIpc) is 3.36. The molecule has 2 N–H and O–H groups in total. The Morgan fingerprint density at radius 2 is 1.88 bits per heavy atom. The van der Waals surface area contributed by atoms with Gasteiger partial charge in [-0.3, -0.25) is 4.79 Å². The van der Waals surface area contributed by atoms with Crippen molar-refractivity contribution in [3.63, 3.8) is 0 Å². The molecule has 1 aliphatic heterocycles. The van der Waals surface area contributed by atoms with Crippen molar-refractivity contribution in [3.8, 4) is 11.5 Å². The van der Waals surface area contributed by atoms with Gasteiger partial charge in [-0.25, -0.2) is 9.98 Å². The van der Waals surface area contributed by atoms with Crippen molar-refractivity contribution in [3.05, 3.63) is 77.7 Å². The summed E-state index contributed by atoms with van der Waals surface area (Å²) in [5.74, 6) is 1.41. The zero-order valence-electron chi connectivity index (χ0n) is 19.1. The number of guanidine groups is 1. The first-order chi connectivity index (χ1) is 16.2. The Bertz CT molecular complexity index is 1070. The molecule has 1 saturated heterocycles. The van der Waals surface area contributed by atoms with Crippen molar-refractivity contribution >= 4 is 11.9 Å². The fourth-order valence-electron chi connectivity index (χ4n) is 3.87. The number of likely N-dealkylation sites (tertiary alicyclic amines) is 1. The van der Waals surface area contributed by atoms with E-state index in [0.29, 0.717) is 24.9 Å². The average molecular weight is 446 g/mol. The molecule has 3 aromatic rings. The van der Waals surface area contributed by atoms with Crippen LogP contribution in [0.3, 0.4) is 0 Å². The zero-order valence-corrected chi connectivity index (χ0v) is 19.1. The first-order valence-electron chi connectivity index (χ1n) is 11.6. The summed E-state index contributed by atoms with van der Waals surface area (Å²) in [6, 6.07) is 17.6. The van der Waals surface area contributed by atoms with Crippen molar-refractivity contribution < 1.29 is 9.21 Å². The predicted molar refractivity (Wildman–Crippen MR) is 130 cm³/mol. The van der Waals surface area contributed by atoms with Gasteiger partial charge in [0.1, 0.15) is 6.26 Å². The Balaban J connectivity index is 1.37.